The van der Waals surface area contributed by atoms with Crippen molar-refractivity contribution in [3.05, 3.63) is 71.2 Å². The molecule has 0 amide bonds. The topological polar surface area (TPSA) is 16.4 Å². The second-order valence-corrected chi connectivity index (χ2v) is 3.07. The van der Waals surface area contributed by atoms with Crippen molar-refractivity contribution in [2.75, 3.05) is 5.43 Å². The maximum atomic E-state index is 4.01. The number of nitrogens with one attached hydrogen (secondary N) is 1. The smallest absolute Gasteiger partial charge is 0.0622 e. The average Bonchev–Trinajstić information content (AvgIpc) is 2.32. The van der Waals surface area contributed by atoms with Gasteiger partial charge in [-0.25, -0.2) is 0 Å². The highest BCUT2D eigenvalue weighted by molar-refractivity contribution is 5.45. The first-order chi connectivity index (χ1) is 7.45. The standard InChI is InChI=1S/C13H11N2/c1-3-7-12(8-4-1)11-14-15-13-9-5-2-6-10-13/h1-10,15H/q+1. The van der Waals surface area contributed by atoms with E-state index >= 15 is 0 Å². The van der Waals surface area contributed by atoms with Crippen molar-refractivity contribution in [3.8, 4) is 6.07 Å². The summed E-state index contributed by atoms with van der Waals surface area (Å²) in [5.41, 5.74) is 4.83. The van der Waals surface area contributed by atoms with Crippen LogP contribution in [0.25, 0.3) is 4.95 Å². The molecule has 1 N–H and O–H groups in total. The van der Waals surface area contributed by atoms with E-state index < -0.39 is 0 Å². The van der Waals surface area contributed by atoms with Crippen LogP contribution in [0.4, 0.5) is 5.69 Å². The molecule has 0 fully saturated rings. The Morgan fingerprint density at radius 3 is 2.07 bits per heavy atom. The van der Waals surface area contributed by atoms with Crippen LogP contribution in [0.2, 0.25) is 0 Å². The summed E-state index contributed by atoms with van der Waals surface area (Å²) in [5, 5.41) is 0. The van der Waals surface area contributed by atoms with Crippen molar-refractivity contribution < 1.29 is 0 Å². The molecule has 15 heavy (non-hydrogen) atoms. The van der Waals surface area contributed by atoms with Crippen molar-refractivity contribution >= 4 is 5.69 Å². The molecular formula is C13H11N2+. The fourth-order valence-corrected chi connectivity index (χ4v) is 1.18. The van der Waals surface area contributed by atoms with Crippen LogP contribution in [-0.4, -0.2) is 0 Å². The van der Waals surface area contributed by atoms with E-state index in [0.29, 0.717) is 0 Å². The highest BCUT2D eigenvalue weighted by atomic mass is 15.3. The van der Waals surface area contributed by atoms with Gasteiger partial charge < -0.3 is 0 Å². The summed E-state index contributed by atoms with van der Waals surface area (Å²) in [6.45, 7) is 0. The van der Waals surface area contributed by atoms with Gasteiger partial charge in [0.05, 0.1) is 4.95 Å². The normalized spacial score (nSPS) is 8.80. The lowest BCUT2D eigenvalue weighted by Crippen LogP contribution is -1.82. The zero-order valence-corrected chi connectivity index (χ0v) is 8.22. The average molecular weight is 195 g/mol. The van der Waals surface area contributed by atoms with Gasteiger partial charge in [0.15, 0.2) is 0 Å². The molecule has 0 bridgehead atoms. The zero-order valence-electron chi connectivity index (χ0n) is 8.22. The van der Waals surface area contributed by atoms with Gasteiger partial charge in [0.2, 0.25) is 0 Å². The SMILES string of the molecule is C(#[N+]Nc1ccccc1)c1ccccc1. The molecule has 2 rings (SSSR count). The van der Waals surface area contributed by atoms with Crippen LogP contribution < -0.4 is 5.43 Å². The van der Waals surface area contributed by atoms with E-state index in [-0.39, 0.29) is 0 Å². The Labute approximate surface area is 89.0 Å². The predicted molar refractivity (Wildman–Crippen MR) is 62.9 cm³/mol. The lowest BCUT2D eigenvalue weighted by molar-refractivity contribution is 1.57. The van der Waals surface area contributed by atoms with Crippen LogP contribution in [0.3, 0.4) is 0 Å². The summed E-state index contributed by atoms with van der Waals surface area (Å²) in [5.74, 6) is 0. The van der Waals surface area contributed by atoms with E-state index in [2.05, 4.69) is 16.4 Å². The molecule has 0 saturated heterocycles. The van der Waals surface area contributed by atoms with Gasteiger partial charge in [-0.3, -0.25) is 0 Å². The molecule has 2 heteroatoms. The van der Waals surface area contributed by atoms with E-state index in [4.69, 9.17) is 0 Å². The third kappa shape index (κ3) is 2.85. The lowest BCUT2D eigenvalue weighted by atomic mass is 10.2. The van der Waals surface area contributed by atoms with Crippen LogP contribution in [0.1, 0.15) is 5.56 Å². The first kappa shape index (κ1) is 9.29. The fourth-order valence-electron chi connectivity index (χ4n) is 1.18. The lowest BCUT2D eigenvalue weighted by Gasteiger charge is -1.85. The third-order valence-corrected chi connectivity index (χ3v) is 1.92. The Morgan fingerprint density at radius 1 is 0.800 bits per heavy atom. The van der Waals surface area contributed by atoms with Crippen LogP contribution >= 0.6 is 0 Å². The Balaban J connectivity index is 2.03. The van der Waals surface area contributed by atoms with Crippen LogP contribution in [0, 0.1) is 6.07 Å². The van der Waals surface area contributed by atoms with Gasteiger partial charge in [0, 0.05) is 0 Å². The summed E-state index contributed by atoms with van der Waals surface area (Å²) in [6, 6.07) is 22.5. The molecule has 72 valence electrons. The molecule has 0 aliphatic rings. The summed E-state index contributed by atoms with van der Waals surface area (Å²) in [7, 11) is 0. The van der Waals surface area contributed by atoms with E-state index in [1.54, 1.807) is 0 Å². The summed E-state index contributed by atoms with van der Waals surface area (Å²) in [4.78, 5) is 4.01. The minimum absolute atomic E-state index is 0.959. The van der Waals surface area contributed by atoms with Gasteiger partial charge in [-0.15, -0.1) is 0 Å². The Hall–Kier alpha value is -2.27. The quantitative estimate of drug-likeness (QED) is 0.690. The number of rotatable bonds is 1. The van der Waals surface area contributed by atoms with Crippen molar-refractivity contribution in [2.24, 2.45) is 0 Å². The number of para-hydroxylation sites is 1. The van der Waals surface area contributed by atoms with Crippen LogP contribution in [0.5, 0.6) is 0 Å². The van der Waals surface area contributed by atoms with Crippen molar-refractivity contribution in [1.82, 2.24) is 0 Å². The first-order valence-electron chi connectivity index (χ1n) is 4.77. The summed E-state index contributed by atoms with van der Waals surface area (Å²) >= 11 is 0. The minimum Gasteiger partial charge on any atom is -0.0622 e. The maximum absolute atomic E-state index is 4.01. The highest BCUT2D eigenvalue weighted by Gasteiger charge is 1.94. The van der Waals surface area contributed by atoms with E-state index in [9.17, 15) is 0 Å². The molecule has 0 radical (unpaired) electrons. The fraction of sp³-hybridized carbons (Fsp3) is 0. The predicted octanol–water partition coefficient (Wildman–Crippen LogP) is 3.39. The molecule has 0 unspecified atom stereocenters. The monoisotopic (exact) mass is 195 g/mol. The maximum Gasteiger partial charge on any atom is 0.357 e. The van der Waals surface area contributed by atoms with Crippen LogP contribution in [0.15, 0.2) is 60.7 Å². The van der Waals surface area contributed by atoms with E-state index in [0.717, 1.165) is 11.3 Å². The molecule has 2 aromatic rings. The highest BCUT2D eigenvalue weighted by Crippen LogP contribution is 2.04. The molecule has 0 aromatic heterocycles. The molecule has 0 aliphatic carbocycles. The van der Waals surface area contributed by atoms with Gasteiger partial charge >= 0.3 is 6.07 Å². The third-order valence-electron chi connectivity index (χ3n) is 1.92. The molecule has 0 heterocycles. The summed E-state index contributed by atoms with van der Waals surface area (Å²) < 4.78 is 0. The second-order valence-electron chi connectivity index (χ2n) is 3.07. The van der Waals surface area contributed by atoms with Crippen molar-refractivity contribution in [3.63, 3.8) is 0 Å². The number of hydrogen-bond donors (Lipinski definition) is 1. The first-order valence-corrected chi connectivity index (χ1v) is 4.77. The molecule has 2 nitrogen and oxygen atoms in total. The van der Waals surface area contributed by atoms with Gasteiger partial charge in [0.1, 0.15) is 11.3 Å². The second kappa shape index (κ2) is 4.83. The molecule has 0 spiro atoms. The molecule has 0 aliphatic heterocycles. The van der Waals surface area contributed by atoms with Crippen molar-refractivity contribution in [1.29, 1.82) is 0 Å². The number of hydrogen-bond acceptors (Lipinski definition) is 1. The number of anilines is 1. The van der Waals surface area contributed by atoms with Gasteiger partial charge in [-0.05, 0) is 29.7 Å². The molecule has 2 aromatic carbocycles. The number of nitrogens with zero attached hydrogens (tertiary/aromatic N) is 1. The molecule has 0 saturated carbocycles. The van der Waals surface area contributed by atoms with Crippen LogP contribution in [-0.2, 0) is 0 Å². The number of benzene rings is 2. The minimum atomic E-state index is 0.959. The summed E-state index contributed by atoms with van der Waals surface area (Å²) in [6.07, 6.45) is 0. The molecular weight excluding hydrogens is 184 g/mol. The van der Waals surface area contributed by atoms with E-state index in [1.807, 2.05) is 60.7 Å². The Kier molecular flexibility index (Phi) is 2.99. The van der Waals surface area contributed by atoms with E-state index in [1.165, 1.54) is 0 Å². The Morgan fingerprint density at radius 2 is 1.40 bits per heavy atom. The van der Waals surface area contributed by atoms with Crippen molar-refractivity contribution in [2.45, 2.75) is 0 Å². The zero-order chi connectivity index (χ0) is 10.3. The van der Waals surface area contributed by atoms with Gasteiger partial charge in [-0.2, -0.15) is 0 Å². The molecule has 0 atom stereocenters. The Bertz CT molecular complexity index is 466. The van der Waals surface area contributed by atoms with Gasteiger partial charge in [-0.1, -0.05) is 36.4 Å². The van der Waals surface area contributed by atoms with Gasteiger partial charge in [0.25, 0.3) is 0 Å². The largest absolute Gasteiger partial charge is 0.357 e.